The van der Waals surface area contributed by atoms with E-state index in [0.29, 0.717) is 17.9 Å². The highest BCUT2D eigenvalue weighted by atomic mass is 35.5. The van der Waals surface area contributed by atoms with Crippen LogP contribution in [0, 0.1) is 0 Å². The number of carbonyl (C=O) groups is 1. The maximum absolute atomic E-state index is 13.2. The molecule has 3 aromatic rings. The molecule has 0 spiro atoms. The Labute approximate surface area is 179 Å². The summed E-state index contributed by atoms with van der Waals surface area (Å²) in [6.45, 7) is 1.52. The lowest BCUT2D eigenvalue weighted by atomic mass is 10.0. The van der Waals surface area contributed by atoms with Crippen molar-refractivity contribution in [3.05, 3.63) is 58.0 Å². The van der Waals surface area contributed by atoms with E-state index in [9.17, 15) is 22.4 Å². The Balaban J connectivity index is 1.62. The summed E-state index contributed by atoms with van der Waals surface area (Å²) in [6.07, 6.45) is -2.67. The van der Waals surface area contributed by atoms with E-state index in [1.165, 1.54) is 20.3 Å². The predicted octanol–water partition coefficient (Wildman–Crippen LogP) is 3.87. The summed E-state index contributed by atoms with van der Waals surface area (Å²) < 4.78 is 55.0. The van der Waals surface area contributed by atoms with Gasteiger partial charge in [-0.25, -0.2) is 4.39 Å². The van der Waals surface area contributed by atoms with Gasteiger partial charge in [0, 0.05) is 25.2 Å². The van der Waals surface area contributed by atoms with Crippen LogP contribution in [0.25, 0.3) is 5.82 Å². The number of benzene rings is 1. The first-order chi connectivity index (χ1) is 14.7. The van der Waals surface area contributed by atoms with Crippen LogP contribution < -0.4 is 0 Å². The zero-order chi connectivity index (χ0) is 22.3. The van der Waals surface area contributed by atoms with Gasteiger partial charge in [0.05, 0.1) is 34.4 Å². The lowest BCUT2D eigenvalue weighted by Crippen LogP contribution is -2.39. The summed E-state index contributed by atoms with van der Waals surface area (Å²) in [5, 5.41) is 11.9. The first kappa shape index (κ1) is 21.3. The fourth-order valence-electron chi connectivity index (χ4n) is 3.65. The molecule has 4 rings (SSSR count). The third kappa shape index (κ3) is 3.78. The lowest BCUT2D eigenvalue weighted by Gasteiger charge is -2.33. The van der Waals surface area contributed by atoms with Gasteiger partial charge >= 0.3 is 6.18 Å². The zero-order valence-corrected chi connectivity index (χ0v) is 17.0. The number of rotatable bonds is 4. The third-order valence-corrected chi connectivity index (χ3v) is 5.61. The van der Waals surface area contributed by atoms with Crippen molar-refractivity contribution in [3.63, 3.8) is 0 Å². The van der Waals surface area contributed by atoms with Crippen LogP contribution in [0.1, 0.15) is 40.3 Å². The van der Waals surface area contributed by atoms with Gasteiger partial charge in [0.1, 0.15) is 12.4 Å². The highest BCUT2D eigenvalue weighted by molar-refractivity contribution is 6.34. The van der Waals surface area contributed by atoms with Gasteiger partial charge in [0.15, 0.2) is 5.82 Å². The molecule has 1 amide bonds. The van der Waals surface area contributed by atoms with Crippen LogP contribution in [-0.4, -0.2) is 48.8 Å². The van der Waals surface area contributed by atoms with E-state index in [1.54, 1.807) is 19.2 Å². The molecule has 3 heterocycles. The van der Waals surface area contributed by atoms with Gasteiger partial charge in [-0.2, -0.15) is 23.0 Å². The van der Waals surface area contributed by atoms with Crippen molar-refractivity contribution in [3.8, 4) is 5.82 Å². The van der Waals surface area contributed by atoms with E-state index in [0.717, 1.165) is 17.8 Å². The van der Waals surface area contributed by atoms with E-state index in [2.05, 4.69) is 15.4 Å². The van der Waals surface area contributed by atoms with E-state index in [4.69, 9.17) is 11.6 Å². The minimum Gasteiger partial charge on any atom is -0.330 e. The highest BCUT2D eigenvalue weighted by Crippen LogP contribution is 2.38. The molecule has 1 aliphatic heterocycles. The van der Waals surface area contributed by atoms with Gasteiger partial charge in [-0.15, -0.1) is 5.10 Å². The van der Waals surface area contributed by atoms with Gasteiger partial charge in [0.2, 0.25) is 0 Å². The van der Waals surface area contributed by atoms with Crippen LogP contribution in [0.15, 0.2) is 30.5 Å². The molecule has 0 bridgehead atoms. The van der Waals surface area contributed by atoms with Crippen molar-refractivity contribution >= 4 is 17.5 Å². The SMILES string of the molecule is C[C@H]1c2nnn(-c3ccn(CCF)n3)c2CCN1C(=O)c1cccc(C(F)(F)F)c1Cl. The largest absolute Gasteiger partial charge is 0.417 e. The third-order valence-electron chi connectivity index (χ3n) is 5.20. The maximum atomic E-state index is 13.2. The molecule has 31 heavy (non-hydrogen) atoms. The Kier molecular flexibility index (Phi) is 5.46. The van der Waals surface area contributed by atoms with Crippen molar-refractivity contribution in [1.29, 1.82) is 0 Å². The number of hydrogen-bond donors (Lipinski definition) is 0. The number of nitrogens with zero attached hydrogens (tertiary/aromatic N) is 6. The minimum atomic E-state index is -4.66. The monoisotopic (exact) mass is 456 g/mol. The van der Waals surface area contributed by atoms with E-state index in [-0.39, 0.29) is 18.7 Å². The summed E-state index contributed by atoms with van der Waals surface area (Å²) in [4.78, 5) is 14.5. The molecule has 7 nitrogen and oxygen atoms in total. The average molecular weight is 457 g/mol. The van der Waals surface area contributed by atoms with Crippen LogP contribution in [0.2, 0.25) is 5.02 Å². The van der Waals surface area contributed by atoms with Crippen molar-refractivity contribution in [2.75, 3.05) is 13.2 Å². The molecular formula is C19H17ClF4N6O. The van der Waals surface area contributed by atoms with Gasteiger partial charge in [-0.1, -0.05) is 22.9 Å². The Morgan fingerprint density at radius 3 is 2.77 bits per heavy atom. The molecule has 0 fully saturated rings. The number of alkyl halides is 4. The molecule has 0 radical (unpaired) electrons. The Bertz CT molecular complexity index is 1130. The lowest BCUT2D eigenvalue weighted by molar-refractivity contribution is -0.137. The van der Waals surface area contributed by atoms with Crippen molar-refractivity contribution in [2.24, 2.45) is 0 Å². The topological polar surface area (TPSA) is 68.8 Å². The molecule has 0 aliphatic carbocycles. The summed E-state index contributed by atoms with van der Waals surface area (Å²) in [5.41, 5.74) is -0.0238. The van der Waals surface area contributed by atoms with Crippen LogP contribution in [0.4, 0.5) is 17.6 Å². The molecule has 1 aromatic carbocycles. The highest BCUT2D eigenvalue weighted by Gasteiger charge is 2.37. The average Bonchev–Trinajstić information content (AvgIpc) is 3.34. The fraction of sp³-hybridized carbons (Fsp3) is 0.368. The molecule has 12 heteroatoms. The normalized spacial score (nSPS) is 16.5. The second-order valence-electron chi connectivity index (χ2n) is 7.05. The van der Waals surface area contributed by atoms with Crippen LogP contribution in [-0.2, 0) is 19.1 Å². The summed E-state index contributed by atoms with van der Waals surface area (Å²) in [5.74, 6) is -0.147. The Hall–Kier alpha value is -2.95. The summed E-state index contributed by atoms with van der Waals surface area (Å²) >= 11 is 5.93. The van der Waals surface area contributed by atoms with Crippen molar-refractivity contribution in [1.82, 2.24) is 29.7 Å². The number of aryl methyl sites for hydroxylation is 1. The Morgan fingerprint density at radius 1 is 1.29 bits per heavy atom. The van der Waals surface area contributed by atoms with Crippen molar-refractivity contribution < 1.29 is 22.4 Å². The second-order valence-corrected chi connectivity index (χ2v) is 7.43. The summed E-state index contributed by atoms with van der Waals surface area (Å²) in [7, 11) is 0. The standard InChI is InChI=1S/C19H17ClF4N6O/c1-11-17-14(30(27-25-17)15-6-8-28(26-15)10-7-21)5-9-29(11)18(31)12-3-2-4-13(16(12)20)19(22,23)24/h2-4,6,8,11H,5,7,9-10H2,1H3/t11-/m0/s1. The van der Waals surface area contributed by atoms with Gasteiger partial charge in [-0.05, 0) is 19.1 Å². The molecular weight excluding hydrogens is 440 g/mol. The molecule has 0 unspecified atom stereocenters. The smallest absolute Gasteiger partial charge is 0.330 e. The molecule has 1 aliphatic rings. The van der Waals surface area contributed by atoms with Gasteiger partial charge in [-0.3, -0.25) is 9.48 Å². The quantitative estimate of drug-likeness (QED) is 0.559. The van der Waals surface area contributed by atoms with E-state index >= 15 is 0 Å². The van der Waals surface area contributed by atoms with E-state index in [1.807, 2.05) is 0 Å². The minimum absolute atomic E-state index is 0.118. The first-order valence-electron chi connectivity index (χ1n) is 9.43. The second kappa shape index (κ2) is 7.95. The number of amides is 1. The molecule has 0 saturated carbocycles. The molecule has 0 N–H and O–H groups in total. The number of aromatic nitrogens is 5. The Morgan fingerprint density at radius 2 is 2.06 bits per heavy atom. The molecule has 164 valence electrons. The van der Waals surface area contributed by atoms with Crippen LogP contribution in [0.5, 0.6) is 0 Å². The number of halogens is 5. The maximum Gasteiger partial charge on any atom is 0.417 e. The fourth-order valence-corrected chi connectivity index (χ4v) is 3.96. The van der Waals surface area contributed by atoms with Crippen LogP contribution in [0.3, 0.4) is 0 Å². The predicted molar refractivity (Wildman–Crippen MR) is 103 cm³/mol. The number of carbonyl (C=O) groups excluding carboxylic acids is 1. The molecule has 2 aromatic heterocycles. The van der Waals surface area contributed by atoms with Crippen molar-refractivity contribution in [2.45, 2.75) is 32.1 Å². The number of fused-ring (bicyclic) bond motifs is 1. The van der Waals surface area contributed by atoms with Crippen LogP contribution >= 0.6 is 11.6 Å². The summed E-state index contributed by atoms with van der Waals surface area (Å²) in [6, 6.07) is 4.41. The first-order valence-corrected chi connectivity index (χ1v) is 9.81. The molecule has 1 atom stereocenters. The zero-order valence-electron chi connectivity index (χ0n) is 16.3. The number of hydrogen-bond acceptors (Lipinski definition) is 4. The molecule has 0 saturated heterocycles. The van der Waals surface area contributed by atoms with E-state index < -0.39 is 35.4 Å². The van der Waals surface area contributed by atoms with Gasteiger partial charge < -0.3 is 4.90 Å². The van der Waals surface area contributed by atoms with Gasteiger partial charge in [0.25, 0.3) is 5.91 Å².